The highest BCUT2D eigenvalue weighted by atomic mass is 19.1. The van der Waals surface area contributed by atoms with Gasteiger partial charge >= 0.3 is 0 Å². The van der Waals surface area contributed by atoms with Crippen LogP contribution < -0.4 is 5.73 Å². The maximum atomic E-state index is 14.5. The molecule has 5 rings (SSSR count). The van der Waals surface area contributed by atoms with Crippen molar-refractivity contribution >= 4 is 11.6 Å². The Balaban J connectivity index is 1.67. The molecule has 7 nitrogen and oxygen atoms in total. The van der Waals surface area contributed by atoms with Gasteiger partial charge in [-0.25, -0.2) is 14.2 Å². The summed E-state index contributed by atoms with van der Waals surface area (Å²) in [5, 5.41) is 9.84. The molecule has 2 fully saturated rings. The van der Waals surface area contributed by atoms with Gasteiger partial charge in [-0.05, 0) is 48.9 Å². The van der Waals surface area contributed by atoms with E-state index in [4.69, 9.17) is 12.3 Å². The standard InChI is InChI=1S/C26H26FN5O2/c1-29-22-9-6-18(14-21(22)27)25-30-24(26(34)31-12-10-19(28)15-31)23(11-13-33)32(25)20-7-4-17(5-8-20)16-2-3-16/h4-9,14,16,19,33H,2-3,10-13,15,28H2/t19-/m1/s1. The number of aliphatic hydroxyl groups excluding tert-OH is 1. The van der Waals surface area contributed by atoms with Crippen molar-refractivity contribution in [2.24, 2.45) is 5.73 Å². The van der Waals surface area contributed by atoms with Crippen LogP contribution >= 0.6 is 0 Å². The molecule has 1 aliphatic heterocycles. The molecular weight excluding hydrogens is 433 g/mol. The number of imidazole rings is 1. The molecule has 1 saturated carbocycles. The number of benzene rings is 2. The third kappa shape index (κ3) is 4.09. The highest BCUT2D eigenvalue weighted by Crippen LogP contribution is 2.40. The molecule has 1 amide bonds. The van der Waals surface area contributed by atoms with Crippen molar-refractivity contribution in [2.45, 2.75) is 37.6 Å². The summed E-state index contributed by atoms with van der Waals surface area (Å²) >= 11 is 0. The lowest BCUT2D eigenvalue weighted by Gasteiger charge is -2.16. The molecule has 0 radical (unpaired) electrons. The smallest absolute Gasteiger partial charge is 0.274 e. The van der Waals surface area contributed by atoms with Crippen LogP contribution in [0.25, 0.3) is 21.9 Å². The molecule has 1 aliphatic carbocycles. The van der Waals surface area contributed by atoms with Gasteiger partial charge in [0.25, 0.3) is 5.91 Å². The van der Waals surface area contributed by atoms with Gasteiger partial charge in [0.05, 0.1) is 12.3 Å². The number of carbonyl (C=O) groups is 1. The van der Waals surface area contributed by atoms with Gasteiger partial charge in [0.2, 0.25) is 5.69 Å². The quantitative estimate of drug-likeness (QED) is 0.549. The molecule has 2 heterocycles. The van der Waals surface area contributed by atoms with Crippen LogP contribution in [-0.4, -0.2) is 51.2 Å². The predicted molar refractivity (Wildman–Crippen MR) is 126 cm³/mol. The van der Waals surface area contributed by atoms with Crippen molar-refractivity contribution in [3.05, 3.63) is 76.7 Å². The fraction of sp³-hybridized carbons (Fsp3) is 0.346. The molecule has 2 aromatic carbocycles. The first-order valence-electron chi connectivity index (χ1n) is 11.5. The monoisotopic (exact) mass is 459 g/mol. The van der Waals surface area contributed by atoms with Gasteiger partial charge in [0.15, 0.2) is 5.69 Å². The highest BCUT2D eigenvalue weighted by molar-refractivity contribution is 5.95. The predicted octanol–water partition coefficient (Wildman–Crippen LogP) is 3.81. The third-order valence-corrected chi connectivity index (χ3v) is 6.56. The van der Waals surface area contributed by atoms with E-state index in [9.17, 15) is 14.3 Å². The van der Waals surface area contributed by atoms with Gasteiger partial charge in [-0.1, -0.05) is 24.3 Å². The molecule has 1 atom stereocenters. The number of halogens is 1. The Labute approximate surface area is 197 Å². The fourth-order valence-corrected chi connectivity index (χ4v) is 4.60. The van der Waals surface area contributed by atoms with Crippen molar-refractivity contribution in [1.29, 1.82) is 0 Å². The number of carbonyl (C=O) groups excluding carboxylic acids is 1. The van der Waals surface area contributed by atoms with Crippen LogP contribution in [0.15, 0.2) is 42.5 Å². The van der Waals surface area contributed by atoms with Crippen LogP contribution in [-0.2, 0) is 6.42 Å². The van der Waals surface area contributed by atoms with E-state index in [0.29, 0.717) is 36.1 Å². The lowest BCUT2D eigenvalue weighted by Crippen LogP contribution is -2.32. The summed E-state index contributed by atoms with van der Waals surface area (Å²) in [6, 6.07) is 12.3. The van der Waals surface area contributed by atoms with E-state index in [0.717, 1.165) is 12.1 Å². The first-order chi connectivity index (χ1) is 16.5. The minimum Gasteiger partial charge on any atom is -0.396 e. The molecule has 8 heteroatoms. The maximum absolute atomic E-state index is 14.5. The summed E-state index contributed by atoms with van der Waals surface area (Å²) < 4.78 is 16.4. The lowest BCUT2D eigenvalue weighted by molar-refractivity contribution is 0.0784. The summed E-state index contributed by atoms with van der Waals surface area (Å²) in [5.41, 5.74) is 9.24. The summed E-state index contributed by atoms with van der Waals surface area (Å²) in [6.45, 7) is 7.96. The van der Waals surface area contributed by atoms with E-state index < -0.39 is 5.82 Å². The average Bonchev–Trinajstić information content (AvgIpc) is 3.50. The number of likely N-dealkylation sites (tertiary alicyclic amines) is 1. The molecular formula is C26H26FN5O2. The van der Waals surface area contributed by atoms with Crippen molar-refractivity contribution in [1.82, 2.24) is 14.5 Å². The number of amides is 1. The minimum atomic E-state index is -0.645. The van der Waals surface area contributed by atoms with Crippen LogP contribution in [0, 0.1) is 12.4 Å². The van der Waals surface area contributed by atoms with Crippen LogP contribution in [0.3, 0.4) is 0 Å². The molecule has 0 unspecified atom stereocenters. The normalized spacial score (nSPS) is 17.7. The maximum Gasteiger partial charge on any atom is 0.274 e. The van der Waals surface area contributed by atoms with E-state index in [1.165, 1.54) is 30.5 Å². The first kappa shape index (κ1) is 22.3. The summed E-state index contributed by atoms with van der Waals surface area (Å²) in [6.07, 6.45) is 3.31. The van der Waals surface area contributed by atoms with Gasteiger partial charge in [0.1, 0.15) is 11.6 Å². The van der Waals surface area contributed by atoms with Crippen molar-refractivity contribution < 1.29 is 14.3 Å². The largest absolute Gasteiger partial charge is 0.396 e. The Morgan fingerprint density at radius 3 is 2.56 bits per heavy atom. The van der Waals surface area contributed by atoms with Gasteiger partial charge in [0, 0.05) is 43.4 Å². The number of aromatic nitrogens is 2. The van der Waals surface area contributed by atoms with Crippen LogP contribution in [0.4, 0.5) is 10.1 Å². The second-order valence-electron chi connectivity index (χ2n) is 8.98. The average molecular weight is 460 g/mol. The van der Waals surface area contributed by atoms with Crippen molar-refractivity contribution in [3.63, 3.8) is 0 Å². The van der Waals surface area contributed by atoms with E-state index in [2.05, 4.69) is 22.0 Å². The van der Waals surface area contributed by atoms with Gasteiger partial charge in [-0.3, -0.25) is 9.36 Å². The zero-order valence-corrected chi connectivity index (χ0v) is 18.7. The molecule has 174 valence electrons. The highest BCUT2D eigenvalue weighted by Gasteiger charge is 2.31. The van der Waals surface area contributed by atoms with E-state index in [-0.39, 0.29) is 36.4 Å². The molecule has 34 heavy (non-hydrogen) atoms. The Kier molecular flexibility index (Phi) is 5.90. The second-order valence-corrected chi connectivity index (χ2v) is 8.98. The number of hydrogen-bond donors (Lipinski definition) is 2. The molecule has 3 N–H and O–H groups in total. The first-order valence-corrected chi connectivity index (χ1v) is 11.5. The van der Waals surface area contributed by atoms with Crippen molar-refractivity contribution in [2.75, 3.05) is 19.7 Å². The van der Waals surface area contributed by atoms with Crippen LogP contribution in [0.2, 0.25) is 0 Å². The molecule has 0 bridgehead atoms. The Bertz CT molecular complexity index is 1270. The van der Waals surface area contributed by atoms with Crippen molar-refractivity contribution in [3.8, 4) is 17.1 Å². The number of hydrogen-bond acceptors (Lipinski definition) is 4. The SMILES string of the molecule is [C-]#[N+]c1ccc(-c2nc(C(=O)N3CC[C@@H](N)C3)c(CCO)n2-c2ccc(C3CC3)cc2)cc1F. The van der Waals surface area contributed by atoms with E-state index in [1.54, 1.807) is 11.0 Å². The Hall–Kier alpha value is -3.54. The topological polar surface area (TPSA) is 88.7 Å². The van der Waals surface area contributed by atoms with Crippen LogP contribution in [0.5, 0.6) is 0 Å². The summed E-state index contributed by atoms with van der Waals surface area (Å²) in [5.74, 6) is 0.0994. The second kappa shape index (κ2) is 9.01. The molecule has 1 saturated heterocycles. The van der Waals surface area contributed by atoms with Gasteiger partial charge in [-0.15, -0.1) is 0 Å². The molecule has 3 aromatic rings. The fourth-order valence-electron chi connectivity index (χ4n) is 4.60. The minimum absolute atomic E-state index is 0.0722. The Morgan fingerprint density at radius 1 is 1.21 bits per heavy atom. The molecule has 2 aliphatic rings. The van der Waals surface area contributed by atoms with E-state index >= 15 is 0 Å². The third-order valence-electron chi connectivity index (χ3n) is 6.56. The van der Waals surface area contributed by atoms with Gasteiger partial charge in [-0.2, -0.15) is 0 Å². The summed E-state index contributed by atoms with van der Waals surface area (Å²) in [7, 11) is 0. The number of nitrogens with two attached hydrogens (primary N) is 1. The molecule has 1 aromatic heterocycles. The summed E-state index contributed by atoms with van der Waals surface area (Å²) in [4.78, 5) is 23.0. The Morgan fingerprint density at radius 2 is 1.97 bits per heavy atom. The van der Waals surface area contributed by atoms with Gasteiger partial charge < -0.3 is 15.7 Å². The number of nitrogens with zero attached hydrogens (tertiary/aromatic N) is 4. The molecule has 0 spiro atoms. The lowest BCUT2D eigenvalue weighted by atomic mass is 10.1. The zero-order chi connectivity index (χ0) is 23.8. The zero-order valence-electron chi connectivity index (χ0n) is 18.7. The van der Waals surface area contributed by atoms with Crippen LogP contribution in [0.1, 0.15) is 46.9 Å². The van der Waals surface area contributed by atoms with E-state index in [1.807, 2.05) is 16.7 Å². The number of rotatable bonds is 6. The number of aliphatic hydroxyl groups is 1.